The lowest BCUT2D eigenvalue weighted by atomic mass is 9.97. The molecule has 1 aliphatic rings. The van der Waals surface area contributed by atoms with Crippen molar-refractivity contribution in [1.29, 1.82) is 0 Å². The SMILES string of the molecule is Cc1cnc(C)c(-n2cc(C3=C(c4nn(CCCN(C)C)c5ccccc45)C(=O)NC3=O)c3ccccc32)c1. The van der Waals surface area contributed by atoms with Crippen LogP contribution in [0.25, 0.3) is 38.6 Å². The predicted molar refractivity (Wildman–Crippen MR) is 153 cm³/mol. The van der Waals surface area contributed by atoms with Crippen LogP contribution in [0.3, 0.4) is 0 Å². The van der Waals surface area contributed by atoms with Gasteiger partial charge in [0.2, 0.25) is 0 Å². The number of amides is 2. The van der Waals surface area contributed by atoms with E-state index >= 15 is 0 Å². The molecular weight excluding hydrogens is 488 g/mol. The minimum atomic E-state index is -0.427. The number of carbonyl (C=O) groups is 2. The minimum Gasteiger partial charge on any atom is -0.314 e. The maximum Gasteiger partial charge on any atom is 0.261 e. The van der Waals surface area contributed by atoms with E-state index in [1.54, 1.807) is 0 Å². The molecule has 2 amide bonds. The van der Waals surface area contributed by atoms with Gasteiger partial charge in [0.05, 0.1) is 33.6 Å². The molecule has 0 bridgehead atoms. The zero-order chi connectivity index (χ0) is 27.3. The Hall–Kier alpha value is -4.56. The van der Waals surface area contributed by atoms with E-state index in [-0.39, 0.29) is 0 Å². The second kappa shape index (κ2) is 9.63. The van der Waals surface area contributed by atoms with Crippen LogP contribution in [0.4, 0.5) is 0 Å². The number of aromatic nitrogens is 4. The molecule has 0 atom stereocenters. The average Bonchev–Trinajstić information content (AvgIpc) is 3.56. The van der Waals surface area contributed by atoms with E-state index in [4.69, 9.17) is 5.10 Å². The third-order valence-corrected chi connectivity index (χ3v) is 7.24. The topological polar surface area (TPSA) is 85.1 Å². The molecule has 0 fully saturated rings. The molecule has 0 saturated carbocycles. The van der Waals surface area contributed by atoms with Crippen LogP contribution in [0.5, 0.6) is 0 Å². The summed E-state index contributed by atoms with van der Waals surface area (Å²) in [6.45, 7) is 5.60. The van der Waals surface area contributed by atoms with Crippen LogP contribution in [0, 0.1) is 13.8 Å². The highest BCUT2D eigenvalue weighted by Gasteiger charge is 2.36. The molecule has 5 aromatic rings. The quantitative estimate of drug-likeness (QED) is 0.321. The van der Waals surface area contributed by atoms with Gasteiger partial charge < -0.3 is 9.47 Å². The molecular formula is C31H30N6O2. The standard InChI is InChI=1S/C31H30N6O2/c1-19-16-26(20(2)32-17-19)36-18-23(21-10-5-7-12-24(21)36)27-28(31(39)33-30(27)38)29-22-11-6-8-13-25(22)37(34-29)15-9-14-35(3)4/h5-8,10-13,16-18H,9,14-15H2,1-4H3,(H,33,38,39). The Bertz CT molecular complexity index is 1810. The molecule has 0 spiro atoms. The molecule has 3 aromatic heterocycles. The number of nitrogens with one attached hydrogen (secondary N) is 1. The highest BCUT2D eigenvalue weighted by atomic mass is 16.2. The number of para-hydroxylation sites is 2. The third kappa shape index (κ3) is 4.23. The number of nitrogens with zero attached hydrogens (tertiary/aromatic N) is 5. The van der Waals surface area contributed by atoms with Gasteiger partial charge in [0, 0.05) is 35.3 Å². The van der Waals surface area contributed by atoms with E-state index in [9.17, 15) is 9.59 Å². The van der Waals surface area contributed by atoms with E-state index in [1.165, 1.54) is 0 Å². The Morgan fingerprint density at radius 1 is 0.897 bits per heavy atom. The lowest BCUT2D eigenvalue weighted by molar-refractivity contribution is -0.122. The van der Waals surface area contributed by atoms with Gasteiger partial charge in [-0.3, -0.25) is 24.6 Å². The first-order chi connectivity index (χ1) is 18.8. The Balaban J connectivity index is 1.59. The highest BCUT2D eigenvalue weighted by molar-refractivity contribution is 6.50. The van der Waals surface area contributed by atoms with Gasteiger partial charge in [0.25, 0.3) is 11.8 Å². The van der Waals surface area contributed by atoms with Crippen LogP contribution in [-0.4, -0.2) is 56.7 Å². The number of imide groups is 1. The van der Waals surface area contributed by atoms with Crippen LogP contribution >= 0.6 is 0 Å². The van der Waals surface area contributed by atoms with Crippen LogP contribution in [0.1, 0.15) is 28.9 Å². The van der Waals surface area contributed by atoms with Crippen molar-refractivity contribution in [2.75, 3.05) is 20.6 Å². The van der Waals surface area contributed by atoms with Crippen molar-refractivity contribution >= 4 is 44.8 Å². The summed E-state index contributed by atoms with van der Waals surface area (Å²) < 4.78 is 4.00. The Kier molecular flexibility index (Phi) is 6.12. The van der Waals surface area contributed by atoms with E-state index in [0.717, 1.165) is 51.7 Å². The Morgan fingerprint density at radius 2 is 1.59 bits per heavy atom. The minimum absolute atomic E-state index is 0.310. The maximum atomic E-state index is 13.4. The molecule has 8 heteroatoms. The number of hydrogen-bond donors (Lipinski definition) is 1. The van der Waals surface area contributed by atoms with Gasteiger partial charge in [-0.15, -0.1) is 0 Å². The van der Waals surface area contributed by atoms with Gasteiger partial charge in [0.1, 0.15) is 5.69 Å². The fourth-order valence-corrected chi connectivity index (χ4v) is 5.40. The van der Waals surface area contributed by atoms with E-state index < -0.39 is 11.8 Å². The molecule has 6 rings (SSSR count). The molecule has 8 nitrogen and oxygen atoms in total. The zero-order valence-corrected chi connectivity index (χ0v) is 22.5. The summed E-state index contributed by atoms with van der Waals surface area (Å²) >= 11 is 0. The largest absolute Gasteiger partial charge is 0.314 e. The highest BCUT2D eigenvalue weighted by Crippen LogP contribution is 2.39. The van der Waals surface area contributed by atoms with E-state index in [0.29, 0.717) is 28.9 Å². The van der Waals surface area contributed by atoms with Gasteiger partial charge >= 0.3 is 0 Å². The smallest absolute Gasteiger partial charge is 0.261 e. The Labute approximate surface area is 226 Å². The second-order valence-corrected chi connectivity index (χ2v) is 10.3. The monoisotopic (exact) mass is 518 g/mol. The van der Waals surface area contributed by atoms with Crippen LogP contribution in [0.15, 0.2) is 67.0 Å². The number of pyridine rings is 1. The van der Waals surface area contributed by atoms with Crippen molar-refractivity contribution < 1.29 is 9.59 Å². The lowest BCUT2D eigenvalue weighted by Crippen LogP contribution is -2.22. The molecule has 4 heterocycles. The van der Waals surface area contributed by atoms with Crippen molar-refractivity contribution in [2.45, 2.75) is 26.8 Å². The molecule has 0 radical (unpaired) electrons. The Morgan fingerprint density at radius 3 is 2.36 bits per heavy atom. The fraction of sp³-hybridized carbons (Fsp3) is 0.226. The maximum absolute atomic E-state index is 13.4. The number of benzene rings is 2. The number of carbonyl (C=O) groups excluding carboxylic acids is 2. The number of rotatable bonds is 7. The second-order valence-electron chi connectivity index (χ2n) is 10.3. The summed E-state index contributed by atoms with van der Waals surface area (Å²) in [7, 11) is 4.09. The molecule has 0 unspecified atom stereocenters. The van der Waals surface area contributed by atoms with Crippen molar-refractivity contribution in [3.63, 3.8) is 0 Å². The molecule has 1 N–H and O–H groups in total. The third-order valence-electron chi connectivity index (χ3n) is 7.24. The summed E-state index contributed by atoms with van der Waals surface area (Å²) in [6.07, 6.45) is 4.69. The summed E-state index contributed by atoms with van der Waals surface area (Å²) in [4.78, 5) is 33.5. The first kappa shape index (κ1) is 24.8. The summed E-state index contributed by atoms with van der Waals surface area (Å²) in [6, 6.07) is 17.9. The molecule has 39 heavy (non-hydrogen) atoms. The van der Waals surface area contributed by atoms with Crippen molar-refractivity contribution in [2.24, 2.45) is 0 Å². The van der Waals surface area contributed by atoms with E-state index in [1.807, 2.05) is 93.5 Å². The van der Waals surface area contributed by atoms with Gasteiger partial charge in [-0.05, 0) is 64.7 Å². The van der Waals surface area contributed by atoms with Crippen LogP contribution < -0.4 is 5.32 Å². The van der Waals surface area contributed by atoms with Crippen molar-refractivity contribution in [1.82, 2.24) is 29.5 Å². The first-order valence-corrected chi connectivity index (χ1v) is 13.1. The number of fused-ring (bicyclic) bond motifs is 2. The summed E-state index contributed by atoms with van der Waals surface area (Å²) in [5, 5.41) is 9.19. The summed E-state index contributed by atoms with van der Waals surface area (Å²) in [5.74, 6) is -0.841. The predicted octanol–water partition coefficient (Wildman–Crippen LogP) is 4.51. The zero-order valence-electron chi connectivity index (χ0n) is 22.5. The molecule has 0 saturated heterocycles. The van der Waals surface area contributed by atoms with Gasteiger partial charge in [-0.2, -0.15) is 5.10 Å². The number of aryl methyl sites for hydroxylation is 3. The van der Waals surface area contributed by atoms with Crippen LogP contribution in [0.2, 0.25) is 0 Å². The van der Waals surface area contributed by atoms with Gasteiger partial charge in [0.15, 0.2) is 0 Å². The molecule has 1 aliphatic heterocycles. The fourth-order valence-electron chi connectivity index (χ4n) is 5.40. The molecule has 196 valence electrons. The van der Waals surface area contributed by atoms with Crippen molar-refractivity contribution in [3.05, 3.63) is 89.5 Å². The van der Waals surface area contributed by atoms with Gasteiger partial charge in [-0.1, -0.05) is 36.4 Å². The van der Waals surface area contributed by atoms with Gasteiger partial charge in [-0.25, -0.2) is 0 Å². The van der Waals surface area contributed by atoms with E-state index in [2.05, 4.69) is 25.8 Å². The molecule has 0 aliphatic carbocycles. The van der Waals surface area contributed by atoms with Crippen molar-refractivity contribution in [3.8, 4) is 5.69 Å². The molecule has 2 aromatic carbocycles. The average molecular weight is 519 g/mol. The lowest BCUT2D eigenvalue weighted by Gasteiger charge is -2.09. The first-order valence-electron chi connectivity index (χ1n) is 13.1. The number of hydrogen-bond acceptors (Lipinski definition) is 5. The summed E-state index contributed by atoms with van der Waals surface area (Å²) in [5.41, 5.74) is 6.58. The normalized spacial score (nSPS) is 13.9. The van der Waals surface area contributed by atoms with Crippen LogP contribution in [-0.2, 0) is 16.1 Å².